The van der Waals surface area contributed by atoms with Crippen molar-refractivity contribution in [2.24, 2.45) is 0 Å². The van der Waals surface area contributed by atoms with E-state index in [2.05, 4.69) is 4.72 Å². The fourth-order valence-electron chi connectivity index (χ4n) is 1.92. The van der Waals surface area contributed by atoms with Crippen LogP contribution in [0.2, 0.25) is 0 Å². The van der Waals surface area contributed by atoms with Crippen molar-refractivity contribution < 1.29 is 13.2 Å². The van der Waals surface area contributed by atoms with Crippen molar-refractivity contribution >= 4 is 15.9 Å². The first-order valence-corrected chi connectivity index (χ1v) is 8.30. The number of amides is 1. The lowest BCUT2D eigenvalue weighted by Gasteiger charge is -2.17. The predicted octanol–water partition coefficient (Wildman–Crippen LogP) is 1.62. The molecule has 0 spiro atoms. The number of nitrogens with one attached hydrogen (secondary N) is 1. The van der Waals surface area contributed by atoms with E-state index in [0.29, 0.717) is 6.54 Å². The molecule has 0 fully saturated rings. The monoisotopic (exact) mass is 318 g/mol. The number of nitrogens with zero attached hydrogens (tertiary/aromatic N) is 1. The zero-order valence-electron chi connectivity index (χ0n) is 12.3. The van der Waals surface area contributed by atoms with Gasteiger partial charge in [0.2, 0.25) is 15.9 Å². The number of likely N-dealkylation sites (N-methyl/N-ethyl adjacent to an activating group) is 1. The first-order valence-electron chi connectivity index (χ1n) is 6.81. The third kappa shape index (κ3) is 4.41. The standard InChI is InChI=1S/C16H18N2O3S/c1-18(13-14-8-4-2-5-9-14)16(19)12-17-22(20,21)15-10-6-3-7-11-15/h2-11,17H,12-13H2,1H3. The first kappa shape index (κ1) is 16.2. The molecule has 2 aromatic carbocycles. The summed E-state index contributed by atoms with van der Waals surface area (Å²) in [6.45, 7) is 0.174. The number of benzene rings is 2. The van der Waals surface area contributed by atoms with E-state index in [-0.39, 0.29) is 17.3 Å². The van der Waals surface area contributed by atoms with Crippen LogP contribution in [0.15, 0.2) is 65.6 Å². The highest BCUT2D eigenvalue weighted by Gasteiger charge is 2.16. The molecule has 2 aromatic rings. The molecule has 0 aliphatic heterocycles. The zero-order chi connectivity index (χ0) is 16.0. The van der Waals surface area contributed by atoms with Crippen LogP contribution in [0.25, 0.3) is 0 Å². The Balaban J connectivity index is 1.92. The van der Waals surface area contributed by atoms with E-state index in [4.69, 9.17) is 0 Å². The molecule has 1 N–H and O–H groups in total. The minimum Gasteiger partial charge on any atom is -0.340 e. The van der Waals surface area contributed by atoms with Gasteiger partial charge < -0.3 is 4.90 Å². The Kier molecular flexibility index (Phi) is 5.30. The number of sulfonamides is 1. The van der Waals surface area contributed by atoms with Crippen LogP contribution < -0.4 is 4.72 Å². The summed E-state index contributed by atoms with van der Waals surface area (Å²) in [5.74, 6) is -0.289. The normalized spacial score (nSPS) is 11.1. The maximum absolute atomic E-state index is 12.0. The quantitative estimate of drug-likeness (QED) is 0.880. The smallest absolute Gasteiger partial charge is 0.241 e. The second-order valence-corrected chi connectivity index (χ2v) is 6.64. The summed E-state index contributed by atoms with van der Waals surface area (Å²) >= 11 is 0. The van der Waals surface area contributed by atoms with Crippen LogP contribution in [0, 0.1) is 0 Å². The molecule has 0 unspecified atom stereocenters. The summed E-state index contributed by atoms with van der Waals surface area (Å²) in [6, 6.07) is 17.5. The van der Waals surface area contributed by atoms with Crippen LogP contribution >= 0.6 is 0 Å². The molecular formula is C16H18N2O3S. The van der Waals surface area contributed by atoms with Gasteiger partial charge in [0, 0.05) is 13.6 Å². The molecule has 22 heavy (non-hydrogen) atoms. The maximum atomic E-state index is 12.0. The van der Waals surface area contributed by atoms with Gasteiger partial charge in [-0.05, 0) is 17.7 Å². The van der Waals surface area contributed by atoms with E-state index in [1.54, 1.807) is 25.2 Å². The minimum absolute atomic E-state index is 0.147. The number of hydrogen-bond donors (Lipinski definition) is 1. The molecule has 0 heterocycles. The molecule has 0 aliphatic carbocycles. The molecule has 2 rings (SSSR count). The zero-order valence-corrected chi connectivity index (χ0v) is 13.1. The van der Waals surface area contributed by atoms with Gasteiger partial charge in [0.1, 0.15) is 0 Å². The van der Waals surface area contributed by atoms with Crippen molar-refractivity contribution in [2.75, 3.05) is 13.6 Å². The first-order chi connectivity index (χ1) is 10.5. The van der Waals surface area contributed by atoms with Gasteiger partial charge in [-0.3, -0.25) is 4.79 Å². The summed E-state index contributed by atoms with van der Waals surface area (Å²) in [6.07, 6.45) is 0. The highest BCUT2D eigenvalue weighted by atomic mass is 32.2. The Hall–Kier alpha value is -2.18. The number of carbonyl (C=O) groups is 1. The molecule has 116 valence electrons. The van der Waals surface area contributed by atoms with Crippen LogP contribution in [0.3, 0.4) is 0 Å². The van der Waals surface area contributed by atoms with Crippen LogP contribution in [0.1, 0.15) is 5.56 Å². The highest BCUT2D eigenvalue weighted by Crippen LogP contribution is 2.07. The molecule has 5 nitrogen and oxygen atoms in total. The molecular weight excluding hydrogens is 300 g/mol. The molecule has 0 saturated carbocycles. The van der Waals surface area contributed by atoms with Crippen molar-refractivity contribution in [3.63, 3.8) is 0 Å². The van der Waals surface area contributed by atoms with Crippen molar-refractivity contribution in [1.82, 2.24) is 9.62 Å². The van der Waals surface area contributed by atoms with E-state index < -0.39 is 10.0 Å². The fourth-order valence-corrected chi connectivity index (χ4v) is 2.92. The average Bonchev–Trinajstić information content (AvgIpc) is 2.54. The van der Waals surface area contributed by atoms with Gasteiger partial charge in [0.15, 0.2) is 0 Å². The van der Waals surface area contributed by atoms with Gasteiger partial charge >= 0.3 is 0 Å². The Bertz CT molecular complexity index is 716. The molecule has 0 bridgehead atoms. The molecule has 0 radical (unpaired) electrons. The van der Waals surface area contributed by atoms with Crippen molar-refractivity contribution in [3.8, 4) is 0 Å². The van der Waals surface area contributed by atoms with Gasteiger partial charge in [-0.25, -0.2) is 13.1 Å². The van der Waals surface area contributed by atoms with Gasteiger partial charge in [-0.1, -0.05) is 48.5 Å². The highest BCUT2D eigenvalue weighted by molar-refractivity contribution is 7.89. The van der Waals surface area contributed by atoms with Gasteiger partial charge in [-0.15, -0.1) is 0 Å². The molecule has 0 saturated heterocycles. The van der Waals surface area contributed by atoms with Crippen LogP contribution in [-0.4, -0.2) is 32.8 Å². The van der Waals surface area contributed by atoms with Gasteiger partial charge in [0.25, 0.3) is 0 Å². The van der Waals surface area contributed by atoms with E-state index in [9.17, 15) is 13.2 Å². The lowest BCUT2D eigenvalue weighted by Crippen LogP contribution is -2.37. The summed E-state index contributed by atoms with van der Waals surface area (Å²) in [7, 11) is -2.01. The Morgan fingerprint density at radius 1 is 1.00 bits per heavy atom. The molecule has 1 amide bonds. The van der Waals surface area contributed by atoms with Crippen LogP contribution in [0.5, 0.6) is 0 Å². The topological polar surface area (TPSA) is 66.5 Å². The van der Waals surface area contributed by atoms with Crippen LogP contribution in [0.4, 0.5) is 0 Å². The third-order valence-electron chi connectivity index (χ3n) is 3.16. The fraction of sp³-hybridized carbons (Fsp3) is 0.188. The van der Waals surface area contributed by atoms with Crippen LogP contribution in [-0.2, 0) is 21.4 Å². The third-order valence-corrected chi connectivity index (χ3v) is 4.57. The molecule has 0 atom stereocenters. The summed E-state index contributed by atoms with van der Waals surface area (Å²) in [5, 5.41) is 0. The Morgan fingerprint density at radius 2 is 1.55 bits per heavy atom. The van der Waals surface area contributed by atoms with Gasteiger partial charge in [-0.2, -0.15) is 0 Å². The molecule has 0 aliphatic rings. The second kappa shape index (κ2) is 7.20. The Labute approximate surface area is 130 Å². The largest absolute Gasteiger partial charge is 0.340 e. The maximum Gasteiger partial charge on any atom is 0.241 e. The summed E-state index contributed by atoms with van der Waals surface area (Å²) in [4.78, 5) is 13.7. The van der Waals surface area contributed by atoms with Crippen molar-refractivity contribution in [2.45, 2.75) is 11.4 Å². The summed E-state index contributed by atoms with van der Waals surface area (Å²) < 4.78 is 26.4. The van der Waals surface area contributed by atoms with E-state index in [1.807, 2.05) is 30.3 Å². The van der Waals surface area contributed by atoms with Crippen molar-refractivity contribution in [1.29, 1.82) is 0 Å². The Morgan fingerprint density at radius 3 is 2.14 bits per heavy atom. The second-order valence-electron chi connectivity index (χ2n) is 4.87. The SMILES string of the molecule is CN(Cc1ccccc1)C(=O)CNS(=O)(=O)c1ccccc1. The predicted molar refractivity (Wildman–Crippen MR) is 84.5 cm³/mol. The average molecular weight is 318 g/mol. The number of rotatable bonds is 6. The molecule has 0 aromatic heterocycles. The minimum atomic E-state index is -3.66. The van der Waals surface area contributed by atoms with E-state index in [0.717, 1.165) is 5.56 Å². The van der Waals surface area contributed by atoms with Gasteiger partial charge in [0.05, 0.1) is 11.4 Å². The van der Waals surface area contributed by atoms with Crippen molar-refractivity contribution in [3.05, 3.63) is 66.2 Å². The molecule has 6 heteroatoms. The van der Waals surface area contributed by atoms with E-state index >= 15 is 0 Å². The summed E-state index contributed by atoms with van der Waals surface area (Å²) in [5.41, 5.74) is 0.990. The number of hydrogen-bond acceptors (Lipinski definition) is 3. The van der Waals surface area contributed by atoms with E-state index in [1.165, 1.54) is 17.0 Å². The number of carbonyl (C=O) groups excluding carboxylic acids is 1. The lowest BCUT2D eigenvalue weighted by molar-refractivity contribution is -0.129. The lowest BCUT2D eigenvalue weighted by atomic mass is 10.2.